The van der Waals surface area contributed by atoms with E-state index in [0.717, 1.165) is 25.0 Å². The summed E-state index contributed by atoms with van der Waals surface area (Å²) in [5.41, 5.74) is 2.08. The van der Waals surface area contributed by atoms with Crippen molar-refractivity contribution in [1.29, 1.82) is 0 Å². The van der Waals surface area contributed by atoms with Crippen LogP contribution in [0.25, 0.3) is 22.2 Å². The minimum absolute atomic E-state index is 0.117. The number of aromatic amines is 1. The van der Waals surface area contributed by atoms with Gasteiger partial charge in [0.15, 0.2) is 0 Å². The quantitative estimate of drug-likeness (QED) is 0.480. The second kappa shape index (κ2) is 8.83. The fourth-order valence-electron chi connectivity index (χ4n) is 3.75. The van der Waals surface area contributed by atoms with Crippen LogP contribution < -0.4 is 20.5 Å². The number of H-pyrrole nitrogens is 1. The first kappa shape index (κ1) is 20.8. The number of ether oxygens (including phenoxy) is 2. The molecular weight excluding hydrogens is 427 g/mol. The van der Waals surface area contributed by atoms with Crippen LogP contribution in [0.2, 0.25) is 0 Å². The lowest BCUT2D eigenvalue weighted by Crippen LogP contribution is -2.36. The zero-order valence-electron chi connectivity index (χ0n) is 17.8. The minimum Gasteiger partial charge on any atom is -0.480 e. The van der Waals surface area contributed by atoms with Crippen LogP contribution in [0, 0.1) is 5.82 Å². The number of benzene rings is 1. The van der Waals surface area contributed by atoms with Gasteiger partial charge in [-0.1, -0.05) is 0 Å². The molecule has 2 N–H and O–H groups in total. The molecule has 0 atom stereocenters. The number of aromatic nitrogens is 4. The number of hydrogen-bond acceptors (Lipinski definition) is 8. The lowest BCUT2D eigenvalue weighted by molar-refractivity contribution is 0.122. The summed E-state index contributed by atoms with van der Waals surface area (Å²) in [5.74, 6) is -0.0594. The third-order valence-electron chi connectivity index (χ3n) is 5.42. The van der Waals surface area contributed by atoms with E-state index < -0.39 is 11.4 Å². The van der Waals surface area contributed by atoms with Crippen LogP contribution in [-0.2, 0) is 4.74 Å². The van der Waals surface area contributed by atoms with E-state index in [1.165, 1.54) is 25.6 Å². The van der Waals surface area contributed by atoms with E-state index in [1.54, 1.807) is 0 Å². The van der Waals surface area contributed by atoms with Crippen LogP contribution in [0.1, 0.15) is 0 Å². The second-order valence-electron chi connectivity index (χ2n) is 7.46. The maximum absolute atomic E-state index is 14.7. The highest BCUT2D eigenvalue weighted by atomic mass is 19.1. The summed E-state index contributed by atoms with van der Waals surface area (Å²) in [4.78, 5) is 30.2. The molecule has 0 spiro atoms. The number of hydrogen-bond donors (Lipinski definition) is 2. The molecular formula is C23H21FN6O3. The van der Waals surface area contributed by atoms with Crippen molar-refractivity contribution < 1.29 is 13.9 Å². The normalized spacial score (nSPS) is 13.8. The zero-order chi connectivity index (χ0) is 22.8. The molecule has 0 unspecified atom stereocenters. The maximum Gasteiger partial charge on any atom is 0.259 e. The number of morpholine rings is 1. The van der Waals surface area contributed by atoms with Gasteiger partial charge in [-0.2, -0.15) is 0 Å². The van der Waals surface area contributed by atoms with Gasteiger partial charge in [0.25, 0.3) is 5.56 Å². The molecule has 0 aliphatic carbocycles. The van der Waals surface area contributed by atoms with Gasteiger partial charge in [0.05, 0.1) is 43.8 Å². The van der Waals surface area contributed by atoms with E-state index in [-0.39, 0.29) is 16.6 Å². The standard InChI is InChI=1S/C23H21FN6O3/c1-32-20-13-25-12-19(28-20)18-10-16-17(24)11-26-23(31)21(16)22(29-18)27-14-2-4-15(5-3-14)30-6-8-33-9-7-30/h2-5,10-13H,6-9H2,1H3,(H,26,31)(H,27,29). The summed E-state index contributed by atoms with van der Waals surface area (Å²) < 4.78 is 25.2. The molecule has 1 fully saturated rings. The van der Waals surface area contributed by atoms with Gasteiger partial charge in [0.2, 0.25) is 5.88 Å². The van der Waals surface area contributed by atoms with E-state index in [9.17, 15) is 9.18 Å². The molecule has 1 aliphatic heterocycles. The Kier molecular flexibility index (Phi) is 5.57. The molecule has 0 saturated carbocycles. The van der Waals surface area contributed by atoms with Crippen LogP contribution in [0.15, 0.2) is 53.7 Å². The number of pyridine rings is 2. The van der Waals surface area contributed by atoms with Crippen molar-refractivity contribution in [2.45, 2.75) is 0 Å². The molecule has 0 radical (unpaired) electrons. The van der Waals surface area contributed by atoms with Gasteiger partial charge in [0.1, 0.15) is 17.3 Å². The number of anilines is 3. The van der Waals surface area contributed by atoms with Gasteiger partial charge in [-0.05, 0) is 30.3 Å². The first-order valence-corrected chi connectivity index (χ1v) is 10.4. The number of halogens is 1. The van der Waals surface area contributed by atoms with Gasteiger partial charge >= 0.3 is 0 Å². The highest BCUT2D eigenvalue weighted by Gasteiger charge is 2.16. The fourth-order valence-corrected chi connectivity index (χ4v) is 3.75. The predicted octanol–water partition coefficient (Wildman–Crippen LogP) is 3.11. The fraction of sp³-hybridized carbons (Fsp3) is 0.217. The molecule has 33 heavy (non-hydrogen) atoms. The van der Waals surface area contributed by atoms with Crippen molar-refractivity contribution >= 4 is 28.0 Å². The Morgan fingerprint density at radius 3 is 2.67 bits per heavy atom. The number of fused-ring (bicyclic) bond motifs is 1. The molecule has 0 bridgehead atoms. The molecule has 1 saturated heterocycles. The first-order chi connectivity index (χ1) is 16.1. The lowest BCUT2D eigenvalue weighted by atomic mass is 10.1. The third kappa shape index (κ3) is 4.20. The Labute approximate surface area is 188 Å². The van der Waals surface area contributed by atoms with Crippen LogP contribution >= 0.6 is 0 Å². The van der Waals surface area contributed by atoms with E-state index in [1.807, 2.05) is 24.3 Å². The van der Waals surface area contributed by atoms with E-state index in [4.69, 9.17) is 9.47 Å². The maximum atomic E-state index is 14.7. The lowest BCUT2D eigenvalue weighted by Gasteiger charge is -2.28. The number of nitrogens with zero attached hydrogens (tertiary/aromatic N) is 4. The summed E-state index contributed by atoms with van der Waals surface area (Å²) in [7, 11) is 1.48. The van der Waals surface area contributed by atoms with Crippen LogP contribution in [0.3, 0.4) is 0 Å². The summed E-state index contributed by atoms with van der Waals surface area (Å²) in [6.45, 7) is 3.06. The summed E-state index contributed by atoms with van der Waals surface area (Å²) in [6.07, 6.45) is 4.00. The highest BCUT2D eigenvalue weighted by Crippen LogP contribution is 2.29. The Morgan fingerprint density at radius 1 is 1.12 bits per heavy atom. The van der Waals surface area contributed by atoms with Crippen LogP contribution in [0.5, 0.6) is 5.88 Å². The van der Waals surface area contributed by atoms with Gasteiger partial charge in [-0.25, -0.2) is 14.4 Å². The first-order valence-electron chi connectivity index (χ1n) is 10.4. The van der Waals surface area contributed by atoms with Crippen molar-refractivity contribution in [3.63, 3.8) is 0 Å². The Bertz CT molecular complexity index is 1350. The summed E-state index contributed by atoms with van der Waals surface area (Å²) in [6, 6.07) is 9.24. The molecule has 3 aromatic heterocycles. The van der Waals surface area contributed by atoms with E-state index >= 15 is 0 Å². The molecule has 4 heterocycles. The molecule has 5 rings (SSSR count). The smallest absolute Gasteiger partial charge is 0.259 e. The molecule has 10 heteroatoms. The van der Waals surface area contributed by atoms with Gasteiger partial charge in [-0.3, -0.25) is 9.78 Å². The Morgan fingerprint density at radius 2 is 1.91 bits per heavy atom. The third-order valence-corrected chi connectivity index (χ3v) is 5.42. The largest absolute Gasteiger partial charge is 0.480 e. The molecule has 4 aromatic rings. The van der Waals surface area contributed by atoms with Crippen molar-refractivity contribution in [2.75, 3.05) is 43.6 Å². The number of rotatable bonds is 5. The van der Waals surface area contributed by atoms with Crippen LogP contribution in [0.4, 0.5) is 21.6 Å². The number of methoxy groups -OCH3 is 1. The van der Waals surface area contributed by atoms with Crippen LogP contribution in [-0.4, -0.2) is 53.3 Å². The van der Waals surface area contributed by atoms with Gasteiger partial charge < -0.3 is 24.7 Å². The average molecular weight is 448 g/mol. The average Bonchev–Trinajstić information content (AvgIpc) is 2.87. The van der Waals surface area contributed by atoms with Crippen molar-refractivity contribution in [3.8, 4) is 17.3 Å². The minimum atomic E-state index is -0.574. The molecule has 1 aliphatic rings. The topological polar surface area (TPSA) is 105 Å². The second-order valence-corrected chi connectivity index (χ2v) is 7.46. The SMILES string of the molecule is COc1cncc(-c2cc3c(F)c[nH]c(=O)c3c(Nc3ccc(N4CCOCC4)cc3)n2)n1. The monoisotopic (exact) mass is 448 g/mol. The van der Waals surface area contributed by atoms with Gasteiger partial charge in [-0.15, -0.1) is 0 Å². The predicted molar refractivity (Wildman–Crippen MR) is 123 cm³/mol. The molecule has 1 aromatic carbocycles. The summed E-state index contributed by atoms with van der Waals surface area (Å²) in [5, 5.41) is 3.41. The van der Waals surface area contributed by atoms with Crippen molar-refractivity contribution in [2.24, 2.45) is 0 Å². The van der Waals surface area contributed by atoms with Crippen molar-refractivity contribution in [3.05, 3.63) is 65.1 Å². The van der Waals surface area contributed by atoms with Gasteiger partial charge in [0, 0.05) is 36.0 Å². The highest BCUT2D eigenvalue weighted by molar-refractivity contribution is 5.95. The Hall–Kier alpha value is -4.05. The van der Waals surface area contributed by atoms with E-state index in [2.05, 4.69) is 30.2 Å². The molecule has 168 valence electrons. The number of nitrogens with one attached hydrogen (secondary N) is 2. The molecule has 0 amide bonds. The Balaban J connectivity index is 1.56. The summed E-state index contributed by atoms with van der Waals surface area (Å²) >= 11 is 0. The zero-order valence-corrected chi connectivity index (χ0v) is 17.8. The molecule has 9 nitrogen and oxygen atoms in total. The van der Waals surface area contributed by atoms with E-state index in [0.29, 0.717) is 36.2 Å². The van der Waals surface area contributed by atoms with Crippen molar-refractivity contribution in [1.82, 2.24) is 19.9 Å².